The van der Waals surface area contributed by atoms with E-state index in [-0.39, 0.29) is 25.0 Å². The number of carbonyl (C=O) groups is 2. The van der Waals surface area contributed by atoms with E-state index in [1.165, 1.54) is 11.0 Å². The van der Waals surface area contributed by atoms with Crippen molar-refractivity contribution in [3.05, 3.63) is 42.0 Å². The second-order valence-electron chi connectivity index (χ2n) is 7.59. The number of nitrogens with zero attached hydrogens (tertiary/aromatic N) is 6. The summed E-state index contributed by atoms with van der Waals surface area (Å²) in [4.78, 5) is 36.7. The molecule has 0 aliphatic carbocycles. The number of amides is 2. The zero-order valence-electron chi connectivity index (χ0n) is 17.7. The summed E-state index contributed by atoms with van der Waals surface area (Å²) in [5, 5.41) is 9.18. The molecule has 0 aromatic carbocycles. The van der Waals surface area contributed by atoms with E-state index in [4.69, 9.17) is 0 Å². The van der Waals surface area contributed by atoms with Crippen LogP contribution in [0.3, 0.4) is 0 Å². The number of halogens is 3. The molecule has 3 rings (SSSR count). The van der Waals surface area contributed by atoms with Gasteiger partial charge in [-0.2, -0.15) is 18.3 Å². The largest absolute Gasteiger partial charge is 0.392 e. The molecule has 1 unspecified atom stereocenters. The summed E-state index contributed by atoms with van der Waals surface area (Å²) >= 11 is 0. The molecule has 13 heteroatoms. The Kier molecular flexibility index (Phi) is 6.75. The van der Waals surface area contributed by atoms with Crippen molar-refractivity contribution >= 4 is 17.6 Å². The molecule has 0 saturated carbocycles. The van der Waals surface area contributed by atoms with Gasteiger partial charge in [-0.25, -0.2) is 19.6 Å². The minimum Gasteiger partial charge on any atom is -0.350 e. The van der Waals surface area contributed by atoms with Gasteiger partial charge in [0, 0.05) is 24.9 Å². The molecule has 0 aliphatic rings. The minimum absolute atomic E-state index is 0.0202. The number of rotatable bonds is 8. The summed E-state index contributed by atoms with van der Waals surface area (Å²) in [6.07, 6.45) is -0.406. The van der Waals surface area contributed by atoms with Crippen molar-refractivity contribution in [3.63, 3.8) is 0 Å². The van der Waals surface area contributed by atoms with E-state index < -0.39 is 30.3 Å². The third-order valence-corrected chi connectivity index (χ3v) is 4.65. The molecule has 0 spiro atoms. The van der Waals surface area contributed by atoms with Crippen LogP contribution in [0.2, 0.25) is 0 Å². The van der Waals surface area contributed by atoms with Crippen molar-refractivity contribution in [1.82, 2.24) is 39.8 Å². The van der Waals surface area contributed by atoms with Crippen molar-refractivity contribution in [2.45, 2.75) is 52.5 Å². The Labute approximate surface area is 181 Å². The molecule has 0 saturated heterocycles. The fraction of sp³-hybridized carbons (Fsp3) is 0.474. The molecular formula is C19H23F3N8O2. The first-order chi connectivity index (χ1) is 15.0. The first kappa shape index (κ1) is 23.2. The number of aromatic nitrogens is 6. The molecule has 10 nitrogen and oxygen atoms in total. The van der Waals surface area contributed by atoms with Crippen LogP contribution in [0.25, 0.3) is 5.78 Å². The first-order valence-electron chi connectivity index (χ1n) is 9.89. The van der Waals surface area contributed by atoms with Crippen molar-refractivity contribution in [1.29, 1.82) is 0 Å². The maximum Gasteiger partial charge on any atom is 0.392 e. The topological polar surface area (TPSA) is 119 Å². The van der Waals surface area contributed by atoms with Gasteiger partial charge < -0.3 is 10.6 Å². The molecule has 0 fully saturated rings. The Morgan fingerprint density at radius 3 is 2.47 bits per heavy atom. The van der Waals surface area contributed by atoms with E-state index in [1.807, 2.05) is 13.8 Å². The maximum absolute atomic E-state index is 12.6. The molecule has 32 heavy (non-hydrogen) atoms. The Balaban J connectivity index is 1.58. The van der Waals surface area contributed by atoms with Gasteiger partial charge in [-0.05, 0) is 19.9 Å². The van der Waals surface area contributed by atoms with E-state index in [0.29, 0.717) is 17.2 Å². The van der Waals surface area contributed by atoms with Gasteiger partial charge in [0.15, 0.2) is 0 Å². The van der Waals surface area contributed by atoms with Crippen molar-refractivity contribution < 1.29 is 22.8 Å². The highest BCUT2D eigenvalue weighted by molar-refractivity contribution is 5.90. The molecular weight excluding hydrogens is 429 g/mol. The number of hydrogen-bond acceptors (Lipinski definition) is 6. The first-order valence-corrected chi connectivity index (χ1v) is 9.89. The molecule has 0 aliphatic heterocycles. The summed E-state index contributed by atoms with van der Waals surface area (Å²) < 4.78 is 40.8. The average molecular weight is 452 g/mol. The molecule has 3 heterocycles. The predicted octanol–water partition coefficient (Wildman–Crippen LogP) is 2.04. The lowest BCUT2D eigenvalue weighted by Gasteiger charge is -2.14. The standard InChI is InChI=1S/C19H23F3N8O2/c1-11(2)30-16(25-10-26-30)17(32)24-8-14-9-29-5-4-13(27-18(29)28-14)7-23-15(31)6-12(3)19(20,21)22/h4-5,9-12H,6-8H2,1-3H3,(H,23,31)(H,24,32). The third-order valence-electron chi connectivity index (χ3n) is 4.65. The second-order valence-corrected chi connectivity index (χ2v) is 7.59. The van der Waals surface area contributed by atoms with E-state index in [9.17, 15) is 22.8 Å². The van der Waals surface area contributed by atoms with E-state index in [2.05, 4.69) is 30.7 Å². The molecule has 3 aromatic heterocycles. The zero-order chi connectivity index (χ0) is 23.5. The summed E-state index contributed by atoms with van der Waals surface area (Å²) in [6, 6.07) is 1.60. The Bertz CT molecular complexity index is 1110. The zero-order valence-corrected chi connectivity index (χ0v) is 17.7. The average Bonchev–Trinajstić information content (AvgIpc) is 3.36. The molecule has 172 valence electrons. The van der Waals surface area contributed by atoms with Gasteiger partial charge in [-0.15, -0.1) is 0 Å². The van der Waals surface area contributed by atoms with Gasteiger partial charge in [-0.3, -0.25) is 14.0 Å². The lowest BCUT2D eigenvalue weighted by Crippen LogP contribution is -2.30. The van der Waals surface area contributed by atoms with Crippen LogP contribution >= 0.6 is 0 Å². The second kappa shape index (κ2) is 9.32. The summed E-state index contributed by atoms with van der Waals surface area (Å²) in [6.45, 7) is 4.84. The lowest BCUT2D eigenvalue weighted by atomic mass is 10.1. The highest BCUT2D eigenvalue weighted by atomic mass is 19.4. The predicted molar refractivity (Wildman–Crippen MR) is 106 cm³/mol. The lowest BCUT2D eigenvalue weighted by molar-refractivity contribution is -0.174. The fourth-order valence-corrected chi connectivity index (χ4v) is 2.84. The van der Waals surface area contributed by atoms with Crippen LogP contribution in [-0.2, 0) is 17.9 Å². The van der Waals surface area contributed by atoms with Gasteiger partial charge >= 0.3 is 6.18 Å². The van der Waals surface area contributed by atoms with Crippen LogP contribution < -0.4 is 10.6 Å². The quantitative estimate of drug-likeness (QED) is 0.540. The Morgan fingerprint density at radius 2 is 1.78 bits per heavy atom. The SMILES string of the molecule is CC(C)n1ncnc1C(=O)NCc1cn2ccc(CNC(=O)CC(C)C(F)(F)F)nc2n1. The molecule has 0 bridgehead atoms. The third kappa shape index (κ3) is 5.59. The van der Waals surface area contributed by atoms with Gasteiger partial charge in [0.1, 0.15) is 6.33 Å². The number of carbonyl (C=O) groups excluding carboxylic acids is 2. The smallest absolute Gasteiger partial charge is 0.350 e. The van der Waals surface area contributed by atoms with Gasteiger partial charge in [0.25, 0.3) is 5.91 Å². The van der Waals surface area contributed by atoms with Gasteiger partial charge in [-0.1, -0.05) is 6.92 Å². The highest BCUT2D eigenvalue weighted by Crippen LogP contribution is 2.28. The number of nitrogens with one attached hydrogen (secondary N) is 2. The van der Waals surface area contributed by atoms with Crippen molar-refractivity contribution in [2.24, 2.45) is 5.92 Å². The number of hydrogen-bond donors (Lipinski definition) is 2. The number of fused-ring (bicyclic) bond motifs is 1. The van der Waals surface area contributed by atoms with E-state index >= 15 is 0 Å². The highest BCUT2D eigenvalue weighted by Gasteiger charge is 2.37. The number of imidazole rings is 1. The fourth-order valence-electron chi connectivity index (χ4n) is 2.84. The number of alkyl halides is 3. The van der Waals surface area contributed by atoms with Crippen LogP contribution in [0.4, 0.5) is 13.2 Å². The van der Waals surface area contributed by atoms with Gasteiger partial charge in [0.2, 0.25) is 17.5 Å². The maximum atomic E-state index is 12.6. The van der Waals surface area contributed by atoms with Crippen molar-refractivity contribution in [3.8, 4) is 0 Å². The summed E-state index contributed by atoms with van der Waals surface area (Å²) in [5.41, 5.74) is 0.985. The molecule has 1 atom stereocenters. The molecule has 3 aromatic rings. The van der Waals surface area contributed by atoms with Gasteiger partial charge in [0.05, 0.1) is 30.4 Å². The van der Waals surface area contributed by atoms with Crippen LogP contribution in [-0.4, -0.2) is 47.1 Å². The Morgan fingerprint density at radius 1 is 1.09 bits per heavy atom. The Hall–Kier alpha value is -3.51. The summed E-state index contributed by atoms with van der Waals surface area (Å²) in [7, 11) is 0. The molecule has 2 N–H and O–H groups in total. The van der Waals surface area contributed by atoms with Crippen LogP contribution in [0.1, 0.15) is 55.2 Å². The molecule has 0 radical (unpaired) electrons. The molecule has 2 amide bonds. The normalized spacial score (nSPS) is 12.8. The van der Waals surface area contributed by atoms with Crippen LogP contribution in [0, 0.1) is 5.92 Å². The van der Waals surface area contributed by atoms with Crippen LogP contribution in [0.5, 0.6) is 0 Å². The summed E-state index contributed by atoms with van der Waals surface area (Å²) in [5.74, 6) is -2.30. The minimum atomic E-state index is -4.42. The van der Waals surface area contributed by atoms with Crippen LogP contribution in [0.15, 0.2) is 24.8 Å². The van der Waals surface area contributed by atoms with E-state index in [1.54, 1.807) is 22.9 Å². The van der Waals surface area contributed by atoms with E-state index in [0.717, 1.165) is 6.92 Å². The monoisotopic (exact) mass is 452 g/mol. The van der Waals surface area contributed by atoms with Crippen molar-refractivity contribution in [2.75, 3.05) is 0 Å².